The Morgan fingerprint density at radius 3 is 2.08 bits per heavy atom. The molecule has 0 spiro atoms. The molecule has 3 aromatic rings. The summed E-state index contributed by atoms with van der Waals surface area (Å²) in [6, 6.07) is 16.7. The van der Waals surface area contributed by atoms with Crippen molar-refractivity contribution in [2.45, 2.75) is 18.2 Å². The number of benzene rings is 3. The summed E-state index contributed by atoms with van der Waals surface area (Å²) < 4.78 is 49.1. The highest BCUT2D eigenvalue weighted by atomic mass is 32.2. The first kappa shape index (κ1) is 29.5. The normalized spacial score (nSPS) is 11.1. The molecule has 3 aromatic carbocycles. The van der Waals surface area contributed by atoms with Crippen molar-refractivity contribution >= 4 is 27.6 Å². The molecule has 1 amide bonds. The smallest absolute Gasteiger partial charge is 0.340 e. The highest BCUT2D eigenvalue weighted by Crippen LogP contribution is 2.34. The first-order valence-corrected chi connectivity index (χ1v) is 13.4. The summed E-state index contributed by atoms with van der Waals surface area (Å²) in [5.41, 5.74) is 1.66. The molecule has 0 aliphatic rings. The minimum atomic E-state index is -4.08. The Kier molecular flexibility index (Phi) is 9.91. The van der Waals surface area contributed by atoms with Gasteiger partial charge in [0.1, 0.15) is 5.75 Å². The van der Waals surface area contributed by atoms with E-state index in [0.29, 0.717) is 17.7 Å². The Labute approximate surface area is 228 Å². The van der Waals surface area contributed by atoms with Crippen molar-refractivity contribution in [2.24, 2.45) is 0 Å². The second-order valence-corrected chi connectivity index (χ2v) is 10.4. The topological polar surface area (TPSA) is 120 Å². The third-order valence-electron chi connectivity index (χ3n) is 6.02. The highest BCUT2D eigenvalue weighted by Gasteiger charge is 2.28. The fourth-order valence-electron chi connectivity index (χ4n) is 3.95. The zero-order valence-corrected chi connectivity index (χ0v) is 23.3. The van der Waals surface area contributed by atoms with Crippen LogP contribution in [0.1, 0.15) is 21.5 Å². The van der Waals surface area contributed by atoms with E-state index in [9.17, 15) is 18.0 Å². The van der Waals surface area contributed by atoms with Crippen LogP contribution in [0.3, 0.4) is 0 Å². The van der Waals surface area contributed by atoms with Crippen LogP contribution in [0, 0.1) is 6.92 Å². The Balaban J connectivity index is 1.94. The maximum absolute atomic E-state index is 13.7. The summed E-state index contributed by atoms with van der Waals surface area (Å²) in [7, 11) is 1.45. The van der Waals surface area contributed by atoms with E-state index in [1.54, 1.807) is 13.0 Å². The maximum atomic E-state index is 13.7. The van der Waals surface area contributed by atoms with Gasteiger partial charge in [0.2, 0.25) is 15.9 Å². The van der Waals surface area contributed by atoms with Crippen LogP contribution >= 0.6 is 0 Å². The number of esters is 1. The molecule has 0 fully saturated rings. The Bertz CT molecular complexity index is 1420. The van der Waals surface area contributed by atoms with Gasteiger partial charge in [-0.3, -0.25) is 4.79 Å². The number of aryl methyl sites for hydroxylation is 1. The number of hydrogen-bond donors (Lipinski definition) is 1. The van der Waals surface area contributed by atoms with E-state index in [1.807, 2.05) is 30.3 Å². The zero-order chi connectivity index (χ0) is 28.6. The molecule has 208 valence electrons. The van der Waals surface area contributed by atoms with E-state index >= 15 is 0 Å². The first-order chi connectivity index (χ1) is 18.6. The number of methoxy groups -OCH3 is 4. The quantitative estimate of drug-likeness (QED) is 0.336. The summed E-state index contributed by atoms with van der Waals surface area (Å²) in [5, 5.41) is 2.63. The lowest BCUT2D eigenvalue weighted by Crippen LogP contribution is -2.39. The van der Waals surface area contributed by atoms with Gasteiger partial charge < -0.3 is 24.3 Å². The van der Waals surface area contributed by atoms with E-state index in [-0.39, 0.29) is 34.2 Å². The molecule has 0 saturated carbocycles. The molecule has 0 unspecified atom stereocenters. The summed E-state index contributed by atoms with van der Waals surface area (Å²) in [5.74, 6) is -0.297. The van der Waals surface area contributed by atoms with Gasteiger partial charge in [-0.25, -0.2) is 13.2 Å². The van der Waals surface area contributed by atoms with E-state index in [4.69, 9.17) is 18.9 Å². The van der Waals surface area contributed by atoms with Gasteiger partial charge >= 0.3 is 5.97 Å². The molecule has 0 heterocycles. The number of sulfonamides is 1. The van der Waals surface area contributed by atoms with Gasteiger partial charge in [-0.05, 0) is 42.7 Å². The van der Waals surface area contributed by atoms with Crippen molar-refractivity contribution in [2.75, 3.05) is 46.8 Å². The number of rotatable bonds is 12. The third kappa shape index (κ3) is 7.06. The SMILES string of the molecule is COC(=O)c1cc(OC)c(OC)cc1NC(=O)CN(CCc1ccccc1)S(=O)(=O)c1ccc(OC)c(C)c1. The lowest BCUT2D eigenvalue weighted by Gasteiger charge is -2.23. The predicted octanol–water partition coefficient (Wildman–Crippen LogP) is 3.68. The number of carbonyl (C=O) groups is 2. The lowest BCUT2D eigenvalue weighted by atomic mass is 10.1. The minimum absolute atomic E-state index is 0.0213. The third-order valence-corrected chi connectivity index (χ3v) is 7.86. The van der Waals surface area contributed by atoms with Crippen molar-refractivity contribution in [3.63, 3.8) is 0 Å². The molecular formula is C28H32N2O8S. The van der Waals surface area contributed by atoms with Crippen LogP contribution in [0.4, 0.5) is 5.69 Å². The van der Waals surface area contributed by atoms with E-state index in [1.165, 1.54) is 52.7 Å². The van der Waals surface area contributed by atoms with Crippen LogP contribution in [0.15, 0.2) is 65.6 Å². The second kappa shape index (κ2) is 13.1. The highest BCUT2D eigenvalue weighted by molar-refractivity contribution is 7.89. The van der Waals surface area contributed by atoms with Crippen LogP contribution < -0.4 is 19.5 Å². The maximum Gasteiger partial charge on any atom is 0.340 e. The van der Waals surface area contributed by atoms with Crippen LogP contribution in [0.25, 0.3) is 0 Å². The Hall–Kier alpha value is -4.09. The van der Waals surface area contributed by atoms with Gasteiger partial charge in [-0.1, -0.05) is 30.3 Å². The Morgan fingerprint density at radius 2 is 1.49 bits per heavy atom. The molecule has 39 heavy (non-hydrogen) atoms. The summed E-state index contributed by atoms with van der Waals surface area (Å²) in [6.07, 6.45) is 0.381. The van der Waals surface area contributed by atoms with Gasteiger partial charge in [-0.2, -0.15) is 4.31 Å². The van der Waals surface area contributed by atoms with Crippen LogP contribution in [0.2, 0.25) is 0 Å². The van der Waals surface area contributed by atoms with Crippen molar-refractivity contribution in [3.05, 3.63) is 77.4 Å². The van der Waals surface area contributed by atoms with E-state index < -0.39 is 28.4 Å². The summed E-state index contributed by atoms with van der Waals surface area (Å²) in [6.45, 7) is 1.28. The standard InChI is InChI=1S/C28H32N2O8S/c1-19-15-21(11-12-24(19)35-2)39(33,34)30(14-13-20-9-7-6-8-10-20)18-27(31)29-23-17-26(37-4)25(36-3)16-22(23)28(32)38-5/h6-12,15-17H,13-14,18H2,1-5H3,(H,29,31). The summed E-state index contributed by atoms with van der Waals surface area (Å²) >= 11 is 0. The lowest BCUT2D eigenvalue weighted by molar-refractivity contribution is -0.116. The Morgan fingerprint density at radius 1 is 0.846 bits per heavy atom. The van der Waals surface area contributed by atoms with Crippen LogP contribution in [0.5, 0.6) is 17.2 Å². The van der Waals surface area contributed by atoms with Gasteiger partial charge in [0.25, 0.3) is 0 Å². The number of hydrogen-bond acceptors (Lipinski definition) is 8. The van der Waals surface area contributed by atoms with Gasteiger partial charge in [-0.15, -0.1) is 0 Å². The predicted molar refractivity (Wildman–Crippen MR) is 146 cm³/mol. The molecule has 0 radical (unpaired) electrons. The van der Waals surface area contributed by atoms with Crippen molar-refractivity contribution in [1.29, 1.82) is 0 Å². The minimum Gasteiger partial charge on any atom is -0.496 e. The number of anilines is 1. The van der Waals surface area contributed by atoms with E-state index in [0.717, 1.165) is 9.87 Å². The molecule has 0 aliphatic heterocycles. The largest absolute Gasteiger partial charge is 0.496 e. The first-order valence-electron chi connectivity index (χ1n) is 12.0. The average Bonchev–Trinajstić information content (AvgIpc) is 2.94. The fraction of sp³-hybridized carbons (Fsp3) is 0.286. The molecule has 0 atom stereocenters. The molecule has 0 aromatic heterocycles. The molecule has 0 bridgehead atoms. The molecule has 0 aliphatic carbocycles. The summed E-state index contributed by atoms with van der Waals surface area (Å²) in [4.78, 5) is 25.7. The molecule has 11 heteroatoms. The van der Waals surface area contributed by atoms with Crippen LogP contribution in [-0.2, 0) is 26.0 Å². The zero-order valence-electron chi connectivity index (χ0n) is 22.5. The van der Waals surface area contributed by atoms with Gasteiger partial charge in [0.05, 0.1) is 51.1 Å². The molecule has 1 N–H and O–H groups in total. The number of carbonyl (C=O) groups excluding carboxylic acids is 2. The number of nitrogens with one attached hydrogen (secondary N) is 1. The van der Waals surface area contributed by atoms with Crippen molar-refractivity contribution < 1.29 is 37.0 Å². The number of nitrogens with zero attached hydrogens (tertiary/aromatic N) is 1. The monoisotopic (exact) mass is 556 g/mol. The average molecular weight is 557 g/mol. The molecule has 10 nitrogen and oxygen atoms in total. The molecule has 3 rings (SSSR count). The van der Waals surface area contributed by atoms with Crippen LogP contribution in [-0.4, -0.2) is 66.1 Å². The van der Waals surface area contributed by atoms with Gasteiger partial charge in [0.15, 0.2) is 11.5 Å². The van der Waals surface area contributed by atoms with Crippen molar-refractivity contribution in [3.8, 4) is 17.2 Å². The second-order valence-electron chi connectivity index (χ2n) is 8.50. The molecule has 0 saturated heterocycles. The number of ether oxygens (including phenoxy) is 4. The van der Waals surface area contributed by atoms with Gasteiger partial charge in [0, 0.05) is 18.7 Å². The molecular weight excluding hydrogens is 524 g/mol. The van der Waals surface area contributed by atoms with Crippen molar-refractivity contribution in [1.82, 2.24) is 4.31 Å². The van der Waals surface area contributed by atoms with E-state index in [2.05, 4.69) is 5.32 Å². The number of amides is 1. The fourth-order valence-corrected chi connectivity index (χ4v) is 5.44.